The molecule has 0 atom stereocenters. The van der Waals surface area contributed by atoms with E-state index in [2.05, 4.69) is 9.97 Å². The van der Waals surface area contributed by atoms with Crippen molar-refractivity contribution in [1.82, 2.24) is 9.97 Å². The molecule has 5 nitrogen and oxygen atoms in total. The van der Waals surface area contributed by atoms with Crippen molar-refractivity contribution in [1.29, 1.82) is 0 Å². The molecule has 0 aliphatic carbocycles. The summed E-state index contributed by atoms with van der Waals surface area (Å²) in [6.07, 6.45) is 1.67. The first-order chi connectivity index (χ1) is 13.0. The predicted octanol–water partition coefficient (Wildman–Crippen LogP) is 4.89. The Morgan fingerprint density at radius 3 is 2.74 bits per heavy atom. The minimum atomic E-state index is -0.407. The van der Waals surface area contributed by atoms with E-state index in [1.165, 1.54) is 22.3 Å². The third kappa shape index (κ3) is 3.33. The maximum Gasteiger partial charge on any atom is 0.263 e. The Morgan fingerprint density at radius 2 is 2.07 bits per heavy atom. The molecule has 7 heteroatoms. The Labute approximate surface area is 159 Å². The van der Waals surface area contributed by atoms with Crippen molar-refractivity contribution in [2.75, 3.05) is 4.90 Å². The van der Waals surface area contributed by atoms with Crippen LogP contribution < -0.4 is 4.90 Å². The van der Waals surface area contributed by atoms with E-state index >= 15 is 0 Å². The number of carbonyl (C=O) groups excluding carboxylic acids is 1. The number of benzene rings is 1. The number of aromatic nitrogens is 2. The molecule has 0 N–H and O–H groups in total. The minimum Gasteiger partial charge on any atom is -0.466 e. The van der Waals surface area contributed by atoms with E-state index in [4.69, 9.17) is 4.42 Å². The van der Waals surface area contributed by atoms with Gasteiger partial charge in [0.25, 0.3) is 5.91 Å². The molecule has 1 amide bonds. The van der Waals surface area contributed by atoms with Gasteiger partial charge in [-0.2, -0.15) is 0 Å². The molecule has 3 aromatic heterocycles. The highest BCUT2D eigenvalue weighted by molar-refractivity contribution is 7.22. The fourth-order valence-corrected chi connectivity index (χ4v) is 3.86. The average molecular weight is 381 g/mol. The molecule has 4 aromatic rings. The van der Waals surface area contributed by atoms with Crippen LogP contribution in [0.4, 0.5) is 9.52 Å². The summed E-state index contributed by atoms with van der Waals surface area (Å²) in [5, 5.41) is 0.420. The Hall–Kier alpha value is -3.06. The first-order valence-electron chi connectivity index (χ1n) is 8.37. The van der Waals surface area contributed by atoms with Crippen LogP contribution in [0.1, 0.15) is 27.6 Å². The van der Waals surface area contributed by atoms with E-state index in [9.17, 15) is 9.18 Å². The van der Waals surface area contributed by atoms with E-state index in [-0.39, 0.29) is 18.0 Å². The van der Waals surface area contributed by atoms with Gasteiger partial charge in [0.05, 0.1) is 22.5 Å². The summed E-state index contributed by atoms with van der Waals surface area (Å²) < 4.78 is 20.3. The summed E-state index contributed by atoms with van der Waals surface area (Å²) in [7, 11) is 0. The summed E-state index contributed by atoms with van der Waals surface area (Å²) in [6, 6.07) is 12.0. The molecule has 0 unspecified atom stereocenters. The van der Waals surface area contributed by atoms with Gasteiger partial charge in [0, 0.05) is 6.20 Å². The number of aryl methyl sites for hydroxylation is 2. The van der Waals surface area contributed by atoms with Crippen LogP contribution in [0.3, 0.4) is 0 Å². The molecule has 4 rings (SSSR count). The number of pyridine rings is 1. The van der Waals surface area contributed by atoms with Crippen LogP contribution in [-0.2, 0) is 6.54 Å². The summed E-state index contributed by atoms with van der Waals surface area (Å²) in [5.74, 6) is 0.532. The number of amides is 1. The van der Waals surface area contributed by atoms with E-state index < -0.39 is 5.82 Å². The van der Waals surface area contributed by atoms with Gasteiger partial charge in [-0.1, -0.05) is 23.5 Å². The number of fused-ring (bicyclic) bond motifs is 1. The lowest BCUT2D eigenvalue weighted by Gasteiger charge is -2.19. The van der Waals surface area contributed by atoms with Gasteiger partial charge in [-0.3, -0.25) is 14.7 Å². The molecule has 0 aliphatic rings. The van der Waals surface area contributed by atoms with Crippen molar-refractivity contribution < 1.29 is 13.6 Å². The zero-order valence-corrected chi connectivity index (χ0v) is 15.6. The van der Waals surface area contributed by atoms with Crippen molar-refractivity contribution in [3.8, 4) is 0 Å². The molecule has 0 saturated carbocycles. The van der Waals surface area contributed by atoms with Gasteiger partial charge in [-0.15, -0.1) is 0 Å². The number of nitrogens with zero attached hydrogens (tertiary/aromatic N) is 3. The fourth-order valence-electron chi connectivity index (χ4n) is 2.89. The van der Waals surface area contributed by atoms with Crippen LogP contribution in [0.5, 0.6) is 0 Å². The van der Waals surface area contributed by atoms with Crippen molar-refractivity contribution >= 4 is 32.6 Å². The van der Waals surface area contributed by atoms with Crippen molar-refractivity contribution in [2.45, 2.75) is 20.4 Å². The third-order valence-electron chi connectivity index (χ3n) is 4.15. The maximum atomic E-state index is 14.1. The number of para-hydroxylation sites is 1. The van der Waals surface area contributed by atoms with E-state index in [0.717, 1.165) is 0 Å². The molecule has 3 heterocycles. The molecular formula is C20H16FN3O2S. The quantitative estimate of drug-likeness (QED) is 0.505. The van der Waals surface area contributed by atoms with Crippen LogP contribution in [0.15, 0.2) is 53.1 Å². The highest BCUT2D eigenvalue weighted by atomic mass is 32.1. The molecule has 0 bridgehead atoms. The smallest absolute Gasteiger partial charge is 0.263 e. The number of halogens is 1. The van der Waals surface area contributed by atoms with Crippen LogP contribution in [0, 0.1) is 19.7 Å². The zero-order valence-electron chi connectivity index (χ0n) is 14.8. The Morgan fingerprint density at radius 1 is 1.22 bits per heavy atom. The number of thiazole rings is 1. The summed E-state index contributed by atoms with van der Waals surface area (Å²) in [4.78, 5) is 23.5. The number of hydrogen-bond donors (Lipinski definition) is 0. The van der Waals surface area contributed by atoms with Crippen molar-refractivity contribution in [2.24, 2.45) is 0 Å². The second-order valence-electron chi connectivity index (χ2n) is 6.12. The Kier molecular flexibility index (Phi) is 4.45. The maximum absolute atomic E-state index is 14.1. The lowest BCUT2D eigenvalue weighted by Crippen LogP contribution is -2.30. The van der Waals surface area contributed by atoms with Gasteiger partial charge >= 0.3 is 0 Å². The predicted molar refractivity (Wildman–Crippen MR) is 103 cm³/mol. The molecule has 0 fully saturated rings. The second kappa shape index (κ2) is 6.92. The zero-order chi connectivity index (χ0) is 19.0. The van der Waals surface area contributed by atoms with Crippen LogP contribution in [0.25, 0.3) is 10.2 Å². The Balaban J connectivity index is 1.80. The molecule has 0 spiro atoms. The topological polar surface area (TPSA) is 59.2 Å². The number of rotatable bonds is 4. The number of hydrogen-bond acceptors (Lipinski definition) is 5. The van der Waals surface area contributed by atoms with Crippen LogP contribution in [-0.4, -0.2) is 15.9 Å². The van der Waals surface area contributed by atoms with Gasteiger partial charge < -0.3 is 4.42 Å². The second-order valence-corrected chi connectivity index (χ2v) is 7.13. The fraction of sp³-hybridized carbons (Fsp3) is 0.150. The number of furan rings is 1. The largest absolute Gasteiger partial charge is 0.466 e. The Bertz CT molecular complexity index is 1120. The normalized spacial score (nSPS) is 11.1. The van der Waals surface area contributed by atoms with E-state index in [1.54, 1.807) is 38.2 Å². The van der Waals surface area contributed by atoms with Crippen molar-refractivity contribution in [3.05, 3.63) is 77.3 Å². The average Bonchev–Trinajstić information content (AvgIpc) is 3.23. The lowest BCUT2D eigenvalue weighted by molar-refractivity contribution is 0.0983. The molecule has 1 aromatic carbocycles. The molecule has 136 valence electrons. The monoisotopic (exact) mass is 381 g/mol. The lowest BCUT2D eigenvalue weighted by atomic mass is 10.2. The highest BCUT2D eigenvalue weighted by Crippen LogP contribution is 2.32. The molecular weight excluding hydrogens is 365 g/mol. The SMILES string of the molecule is Cc1cc(C(=O)N(Cc2ccccn2)c2nc3c(F)cccc3s2)c(C)o1. The van der Waals surface area contributed by atoms with Crippen LogP contribution >= 0.6 is 11.3 Å². The first-order valence-corrected chi connectivity index (χ1v) is 9.18. The van der Waals surface area contributed by atoms with Gasteiger partial charge in [-0.25, -0.2) is 9.37 Å². The molecule has 0 aliphatic heterocycles. The first kappa shape index (κ1) is 17.4. The highest BCUT2D eigenvalue weighted by Gasteiger charge is 2.25. The summed E-state index contributed by atoms with van der Waals surface area (Å²) >= 11 is 1.27. The van der Waals surface area contributed by atoms with E-state index in [1.807, 2.05) is 18.2 Å². The molecule has 0 radical (unpaired) electrons. The summed E-state index contributed by atoms with van der Waals surface area (Å²) in [5.41, 5.74) is 1.43. The standard InChI is InChI=1S/C20H16FN3O2S/c1-12-10-15(13(2)26-12)19(25)24(11-14-6-3-4-9-22-14)20-23-18-16(21)7-5-8-17(18)27-20/h3-10H,11H2,1-2H3. The van der Waals surface area contributed by atoms with E-state index in [0.29, 0.717) is 32.6 Å². The van der Waals surface area contributed by atoms with Crippen LogP contribution in [0.2, 0.25) is 0 Å². The number of anilines is 1. The third-order valence-corrected chi connectivity index (χ3v) is 5.20. The van der Waals surface area contributed by atoms with Gasteiger partial charge in [0.1, 0.15) is 22.9 Å². The molecule has 27 heavy (non-hydrogen) atoms. The van der Waals surface area contributed by atoms with Crippen molar-refractivity contribution in [3.63, 3.8) is 0 Å². The summed E-state index contributed by atoms with van der Waals surface area (Å²) in [6.45, 7) is 3.77. The molecule has 0 saturated heterocycles. The number of carbonyl (C=O) groups is 1. The van der Waals surface area contributed by atoms with Gasteiger partial charge in [-0.05, 0) is 44.2 Å². The van der Waals surface area contributed by atoms with Gasteiger partial charge in [0.2, 0.25) is 0 Å². The minimum absolute atomic E-state index is 0.227. The van der Waals surface area contributed by atoms with Gasteiger partial charge in [0.15, 0.2) is 5.13 Å².